The molecule has 2 aromatic carbocycles. The third kappa shape index (κ3) is 4.38. The fourth-order valence-electron chi connectivity index (χ4n) is 3.43. The van der Waals surface area contributed by atoms with Gasteiger partial charge in [0.25, 0.3) is 0 Å². The smallest absolute Gasteiger partial charge is 0.346 e. The number of nitrogens with zero attached hydrogens (tertiary/aromatic N) is 1. The Morgan fingerprint density at radius 1 is 0.900 bits per heavy atom. The Balaban J connectivity index is 1.75. The molecule has 0 aliphatic carbocycles. The van der Waals surface area contributed by atoms with E-state index in [0.29, 0.717) is 23.6 Å². The first-order valence-electron chi connectivity index (χ1n) is 9.58. The third-order valence-electron chi connectivity index (χ3n) is 5.02. The molecule has 0 fully saturated rings. The SMILES string of the molecule is COc1cccc(OC)c1C(=O)OCC(=O)c1cc(C)n(Cc2ccccc2)c1C. The van der Waals surface area contributed by atoms with E-state index in [9.17, 15) is 9.59 Å². The monoisotopic (exact) mass is 407 g/mol. The summed E-state index contributed by atoms with van der Waals surface area (Å²) >= 11 is 0. The van der Waals surface area contributed by atoms with Crippen LogP contribution in [0.25, 0.3) is 0 Å². The predicted octanol–water partition coefficient (Wildman–Crippen LogP) is 4.21. The molecule has 0 bridgehead atoms. The van der Waals surface area contributed by atoms with Crippen molar-refractivity contribution >= 4 is 11.8 Å². The number of carbonyl (C=O) groups excluding carboxylic acids is 2. The zero-order valence-electron chi connectivity index (χ0n) is 17.6. The Morgan fingerprint density at radius 3 is 2.13 bits per heavy atom. The summed E-state index contributed by atoms with van der Waals surface area (Å²) in [5.74, 6) is -0.277. The summed E-state index contributed by atoms with van der Waals surface area (Å²) in [6.45, 7) is 4.16. The number of ether oxygens (including phenoxy) is 3. The molecule has 0 unspecified atom stereocenters. The average molecular weight is 407 g/mol. The van der Waals surface area contributed by atoms with Crippen LogP contribution >= 0.6 is 0 Å². The standard InChI is InChI=1S/C24H25NO5/c1-16-13-19(17(2)25(16)14-18-9-6-5-7-10-18)20(26)15-30-24(27)23-21(28-3)11-8-12-22(23)29-4/h5-13H,14-15H2,1-4H3. The van der Waals surface area contributed by atoms with E-state index in [4.69, 9.17) is 14.2 Å². The maximum Gasteiger partial charge on any atom is 0.346 e. The van der Waals surface area contributed by atoms with Gasteiger partial charge in [-0.3, -0.25) is 4.79 Å². The second kappa shape index (κ2) is 9.31. The minimum atomic E-state index is -0.671. The molecule has 1 heterocycles. The molecule has 156 valence electrons. The van der Waals surface area contributed by atoms with Gasteiger partial charge in [0.2, 0.25) is 5.78 Å². The Hall–Kier alpha value is -3.54. The van der Waals surface area contributed by atoms with Gasteiger partial charge >= 0.3 is 5.97 Å². The summed E-state index contributed by atoms with van der Waals surface area (Å²) in [4.78, 5) is 25.4. The molecule has 0 saturated carbocycles. The summed E-state index contributed by atoms with van der Waals surface area (Å²) in [6, 6.07) is 16.8. The van der Waals surface area contributed by atoms with E-state index in [1.165, 1.54) is 14.2 Å². The lowest BCUT2D eigenvalue weighted by Crippen LogP contribution is -2.16. The largest absolute Gasteiger partial charge is 0.496 e. The van der Waals surface area contributed by atoms with Crippen molar-refractivity contribution in [3.8, 4) is 11.5 Å². The van der Waals surface area contributed by atoms with Crippen LogP contribution in [0.4, 0.5) is 0 Å². The maximum absolute atomic E-state index is 12.8. The fraction of sp³-hybridized carbons (Fsp3) is 0.250. The molecule has 0 radical (unpaired) electrons. The number of hydrogen-bond acceptors (Lipinski definition) is 5. The summed E-state index contributed by atoms with van der Waals surface area (Å²) in [6.07, 6.45) is 0. The second-order valence-corrected chi connectivity index (χ2v) is 6.89. The summed E-state index contributed by atoms with van der Waals surface area (Å²) in [7, 11) is 2.91. The number of carbonyl (C=O) groups is 2. The molecule has 0 aliphatic heterocycles. The molecule has 0 atom stereocenters. The van der Waals surface area contributed by atoms with Gasteiger partial charge in [-0.25, -0.2) is 4.79 Å². The normalized spacial score (nSPS) is 10.5. The molecule has 0 spiro atoms. The molecule has 0 aliphatic rings. The van der Waals surface area contributed by atoms with Gasteiger partial charge in [-0.1, -0.05) is 36.4 Å². The Labute approximate surface area is 176 Å². The van der Waals surface area contributed by atoms with Crippen LogP contribution < -0.4 is 9.47 Å². The molecular weight excluding hydrogens is 382 g/mol. The minimum Gasteiger partial charge on any atom is -0.496 e. The molecule has 3 aromatic rings. The summed E-state index contributed by atoms with van der Waals surface area (Å²) in [5, 5.41) is 0. The highest BCUT2D eigenvalue weighted by molar-refractivity contribution is 6.01. The zero-order chi connectivity index (χ0) is 21.7. The van der Waals surface area contributed by atoms with Gasteiger partial charge in [-0.05, 0) is 37.6 Å². The van der Waals surface area contributed by atoms with Crippen LogP contribution in [-0.2, 0) is 11.3 Å². The van der Waals surface area contributed by atoms with E-state index in [1.807, 2.05) is 50.2 Å². The number of rotatable bonds is 8. The van der Waals surface area contributed by atoms with Crippen LogP contribution in [0.15, 0.2) is 54.6 Å². The lowest BCUT2D eigenvalue weighted by molar-refractivity contribution is 0.0468. The van der Waals surface area contributed by atoms with Crippen LogP contribution in [-0.4, -0.2) is 37.1 Å². The van der Waals surface area contributed by atoms with E-state index < -0.39 is 5.97 Å². The van der Waals surface area contributed by atoms with Gasteiger partial charge in [-0.2, -0.15) is 0 Å². The minimum absolute atomic E-state index is 0.157. The molecule has 0 amide bonds. The van der Waals surface area contributed by atoms with Crippen LogP contribution in [0.2, 0.25) is 0 Å². The number of aromatic nitrogens is 1. The van der Waals surface area contributed by atoms with Crippen molar-refractivity contribution in [1.29, 1.82) is 0 Å². The topological polar surface area (TPSA) is 66.8 Å². The van der Waals surface area contributed by atoms with E-state index in [2.05, 4.69) is 4.57 Å². The van der Waals surface area contributed by atoms with Crippen molar-refractivity contribution in [2.45, 2.75) is 20.4 Å². The fourth-order valence-corrected chi connectivity index (χ4v) is 3.43. The first kappa shape index (κ1) is 21.2. The lowest BCUT2D eigenvalue weighted by atomic mass is 10.1. The van der Waals surface area contributed by atoms with Crippen molar-refractivity contribution in [2.75, 3.05) is 20.8 Å². The summed E-state index contributed by atoms with van der Waals surface area (Å²) < 4.78 is 17.8. The molecule has 3 rings (SSSR count). The van der Waals surface area contributed by atoms with Gasteiger partial charge in [0.15, 0.2) is 6.61 Å². The maximum atomic E-state index is 12.8. The Bertz CT molecular complexity index is 1030. The van der Waals surface area contributed by atoms with Crippen LogP contribution in [0.5, 0.6) is 11.5 Å². The van der Waals surface area contributed by atoms with Gasteiger partial charge in [0.05, 0.1) is 14.2 Å². The number of Topliss-reactive ketones (excluding diaryl/α,β-unsaturated/α-hetero) is 1. The van der Waals surface area contributed by atoms with E-state index in [-0.39, 0.29) is 18.0 Å². The van der Waals surface area contributed by atoms with Crippen molar-refractivity contribution in [3.05, 3.63) is 82.7 Å². The van der Waals surface area contributed by atoms with Crippen molar-refractivity contribution < 1.29 is 23.8 Å². The van der Waals surface area contributed by atoms with Crippen LogP contribution in [0, 0.1) is 13.8 Å². The number of aryl methyl sites for hydroxylation is 1. The average Bonchev–Trinajstić information content (AvgIpc) is 3.05. The van der Waals surface area contributed by atoms with Gasteiger partial charge in [-0.15, -0.1) is 0 Å². The molecule has 6 nitrogen and oxygen atoms in total. The second-order valence-electron chi connectivity index (χ2n) is 6.89. The van der Waals surface area contributed by atoms with Crippen molar-refractivity contribution in [3.63, 3.8) is 0 Å². The zero-order valence-corrected chi connectivity index (χ0v) is 17.6. The van der Waals surface area contributed by atoms with Gasteiger partial charge in [0.1, 0.15) is 17.1 Å². The van der Waals surface area contributed by atoms with Crippen LogP contribution in [0.1, 0.15) is 37.7 Å². The van der Waals surface area contributed by atoms with Gasteiger partial charge < -0.3 is 18.8 Å². The molecule has 6 heteroatoms. The quantitative estimate of drug-likeness (QED) is 0.413. The third-order valence-corrected chi connectivity index (χ3v) is 5.02. The van der Waals surface area contributed by atoms with Crippen LogP contribution in [0.3, 0.4) is 0 Å². The highest BCUT2D eigenvalue weighted by Gasteiger charge is 2.22. The summed E-state index contributed by atoms with van der Waals surface area (Å²) in [5.41, 5.74) is 3.66. The number of hydrogen-bond donors (Lipinski definition) is 0. The Kier molecular flexibility index (Phi) is 6.57. The highest BCUT2D eigenvalue weighted by Crippen LogP contribution is 2.29. The van der Waals surface area contributed by atoms with E-state index in [0.717, 1.165) is 17.0 Å². The highest BCUT2D eigenvalue weighted by atomic mass is 16.5. The van der Waals surface area contributed by atoms with Gasteiger partial charge in [0, 0.05) is 23.5 Å². The van der Waals surface area contributed by atoms with E-state index in [1.54, 1.807) is 18.2 Å². The molecule has 0 saturated heterocycles. The molecule has 1 aromatic heterocycles. The number of methoxy groups -OCH3 is 2. The van der Waals surface area contributed by atoms with E-state index >= 15 is 0 Å². The van der Waals surface area contributed by atoms with Crippen molar-refractivity contribution in [2.24, 2.45) is 0 Å². The molecule has 30 heavy (non-hydrogen) atoms. The first-order valence-corrected chi connectivity index (χ1v) is 9.58. The van der Waals surface area contributed by atoms with Crippen molar-refractivity contribution in [1.82, 2.24) is 4.57 Å². The number of benzene rings is 2. The lowest BCUT2D eigenvalue weighted by Gasteiger charge is -2.12. The number of esters is 1. The first-order chi connectivity index (χ1) is 14.5. The predicted molar refractivity (Wildman–Crippen MR) is 114 cm³/mol. The Morgan fingerprint density at radius 2 is 1.53 bits per heavy atom. The number of ketones is 1. The molecule has 0 N–H and O–H groups in total. The molecular formula is C24H25NO5.